The first-order valence-electron chi connectivity index (χ1n) is 6.39. The highest BCUT2D eigenvalue weighted by atomic mass is 79.9. The lowest BCUT2D eigenvalue weighted by Gasteiger charge is -2.26. The number of hydrogen-bond acceptors (Lipinski definition) is 2. The predicted molar refractivity (Wildman–Crippen MR) is 76.9 cm³/mol. The van der Waals surface area contributed by atoms with Gasteiger partial charge in [0.2, 0.25) is 5.91 Å². The maximum Gasteiger partial charge on any atom is 0.257 e. The van der Waals surface area contributed by atoms with Crippen molar-refractivity contribution in [2.45, 2.75) is 18.9 Å². The molecule has 0 bridgehead atoms. The van der Waals surface area contributed by atoms with Crippen molar-refractivity contribution >= 4 is 27.7 Å². The highest BCUT2D eigenvalue weighted by Crippen LogP contribution is 2.25. The molecule has 4 nitrogen and oxygen atoms in total. The third-order valence-electron chi connectivity index (χ3n) is 3.42. The number of carbonyl (C=O) groups excluding carboxylic acids is 2. The average Bonchev–Trinajstić information content (AvgIpc) is 2.89. The van der Waals surface area contributed by atoms with E-state index >= 15 is 0 Å². The van der Waals surface area contributed by atoms with E-state index in [4.69, 9.17) is 0 Å². The van der Waals surface area contributed by atoms with Gasteiger partial charge in [-0.2, -0.15) is 0 Å². The van der Waals surface area contributed by atoms with Crippen LogP contribution in [0.5, 0.6) is 0 Å². The minimum absolute atomic E-state index is 0.00201. The van der Waals surface area contributed by atoms with Crippen LogP contribution < -0.4 is 0 Å². The fourth-order valence-corrected chi connectivity index (χ4v) is 2.75. The van der Waals surface area contributed by atoms with Crippen molar-refractivity contribution in [3.05, 3.63) is 34.1 Å². The topological polar surface area (TPSA) is 40.6 Å². The van der Waals surface area contributed by atoms with Crippen LogP contribution in [0.2, 0.25) is 0 Å². The molecule has 2 rings (SSSR count). The monoisotopic (exact) mass is 342 g/mol. The lowest BCUT2D eigenvalue weighted by Crippen LogP contribution is -2.45. The molecule has 0 saturated carbocycles. The van der Waals surface area contributed by atoms with Gasteiger partial charge in [0.25, 0.3) is 5.91 Å². The molecular formula is C14H16BrFN2O2. The molecule has 20 heavy (non-hydrogen) atoms. The second-order valence-corrected chi connectivity index (χ2v) is 5.84. The summed E-state index contributed by atoms with van der Waals surface area (Å²) in [5, 5.41) is 0. The average molecular weight is 343 g/mol. The number of hydrogen-bond donors (Lipinski definition) is 0. The van der Waals surface area contributed by atoms with Crippen LogP contribution >= 0.6 is 15.9 Å². The van der Waals surface area contributed by atoms with Gasteiger partial charge in [-0.05, 0) is 40.9 Å². The third kappa shape index (κ3) is 2.70. The Kier molecular flexibility index (Phi) is 4.42. The van der Waals surface area contributed by atoms with Gasteiger partial charge in [0.15, 0.2) is 0 Å². The molecule has 1 aliphatic rings. The maximum atomic E-state index is 14.0. The molecule has 1 aromatic carbocycles. The Bertz CT molecular complexity index is 548. The van der Waals surface area contributed by atoms with E-state index in [9.17, 15) is 14.0 Å². The Morgan fingerprint density at radius 3 is 2.75 bits per heavy atom. The predicted octanol–water partition coefficient (Wildman–Crippen LogP) is 2.28. The molecular weight excluding hydrogens is 327 g/mol. The normalized spacial score (nSPS) is 18.2. The van der Waals surface area contributed by atoms with Crippen molar-refractivity contribution < 1.29 is 14.0 Å². The zero-order valence-corrected chi connectivity index (χ0v) is 13.0. The minimum Gasteiger partial charge on any atom is -0.347 e. The van der Waals surface area contributed by atoms with Gasteiger partial charge in [-0.25, -0.2) is 4.39 Å². The van der Waals surface area contributed by atoms with E-state index in [1.54, 1.807) is 26.2 Å². The molecule has 6 heteroatoms. The number of amides is 2. The molecule has 1 unspecified atom stereocenters. The highest BCUT2D eigenvalue weighted by Gasteiger charge is 2.36. The van der Waals surface area contributed by atoms with E-state index in [-0.39, 0.29) is 15.9 Å². The van der Waals surface area contributed by atoms with Crippen LogP contribution in [-0.2, 0) is 4.79 Å². The molecule has 0 spiro atoms. The molecule has 1 atom stereocenters. The Balaban J connectivity index is 2.28. The molecule has 1 aliphatic heterocycles. The quantitative estimate of drug-likeness (QED) is 0.827. The van der Waals surface area contributed by atoms with Gasteiger partial charge in [0, 0.05) is 20.6 Å². The SMILES string of the molecule is CN(C)C(=O)C1CCCN1C(=O)c1cccc(Br)c1F. The van der Waals surface area contributed by atoms with Crippen molar-refractivity contribution in [1.82, 2.24) is 9.80 Å². The van der Waals surface area contributed by atoms with Crippen molar-refractivity contribution in [3.63, 3.8) is 0 Å². The van der Waals surface area contributed by atoms with E-state index in [1.807, 2.05) is 0 Å². The summed E-state index contributed by atoms with van der Waals surface area (Å²) in [6.07, 6.45) is 1.38. The van der Waals surface area contributed by atoms with Crippen LogP contribution in [0.4, 0.5) is 4.39 Å². The van der Waals surface area contributed by atoms with Crippen molar-refractivity contribution in [1.29, 1.82) is 0 Å². The van der Waals surface area contributed by atoms with Gasteiger partial charge in [-0.15, -0.1) is 0 Å². The van der Waals surface area contributed by atoms with E-state index in [0.29, 0.717) is 13.0 Å². The molecule has 108 valence electrons. The first-order valence-corrected chi connectivity index (χ1v) is 7.19. The zero-order valence-electron chi connectivity index (χ0n) is 11.4. The van der Waals surface area contributed by atoms with Gasteiger partial charge in [-0.1, -0.05) is 6.07 Å². The summed E-state index contributed by atoms with van der Waals surface area (Å²) < 4.78 is 14.3. The second-order valence-electron chi connectivity index (χ2n) is 4.99. The van der Waals surface area contributed by atoms with Crippen LogP contribution in [0.3, 0.4) is 0 Å². The number of likely N-dealkylation sites (N-methyl/N-ethyl adjacent to an activating group) is 1. The molecule has 1 aromatic rings. The summed E-state index contributed by atoms with van der Waals surface area (Å²) in [6, 6.07) is 4.10. The Labute approximate surface area is 125 Å². The standard InChI is InChI=1S/C14H16BrFN2O2/c1-17(2)14(20)11-7-4-8-18(11)13(19)9-5-3-6-10(15)12(9)16/h3,5-6,11H,4,7-8H2,1-2H3. The maximum absolute atomic E-state index is 14.0. The van der Waals surface area contributed by atoms with Gasteiger partial charge in [-0.3, -0.25) is 9.59 Å². The molecule has 0 radical (unpaired) electrons. The molecule has 1 fully saturated rings. The smallest absolute Gasteiger partial charge is 0.257 e. The highest BCUT2D eigenvalue weighted by molar-refractivity contribution is 9.10. The first kappa shape index (κ1) is 15.0. The van der Waals surface area contributed by atoms with Gasteiger partial charge < -0.3 is 9.80 Å². The minimum atomic E-state index is -0.583. The molecule has 0 N–H and O–H groups in total. The molecule has 0 aliphatic carbocycles. The Morgan fingerprint density at radius 1 is 1.40 bits per heavy atom. The van der Waals surface area contributed by atoms with Crippen LogP contribution in [0.25, 0.3) is 0 Å². The number of benzene rings is 1. The summed E-state index contributed by atoms with van der Waals surface area (Å²) in [5.41, 5.74) is -0.00201. The molecule has 1 heterocycles. The Hall–Kier alpha value is -1.43. The summed E-state index contributed by atoms with van der Waals surface area (Å²) in [6.45, 7) is 0.481. The largest absolute Gasteiger partial charge is 0.347 e. The summed E-state index contributed by atoms with van der Waals surface area (Å²) in [5.74, 6) is -1.13. The van der Waals surface area contributed by atoms with Crippen LogP contribution in [0, 0.1) is 5.82 Å². The van der Waals surface area contributed by atoms with Gasteiger partial charge >= 0.3 is 0 Å². The van der Waals surface area contributed by atoms with Gasteiger partial charge in [0.05, 0.1) is 10.0 Å². The summed E-state index contributed by atoms with van der Waals surface area (Å²) in [4.78, 5) is 27.5. The van der Waals surface area contributed by atoms with Gasteiger partial charge in [0.1, 0.15) is 11.9 Å². The number of rotatable bonds is 2. The lowest BCUT2D eigenvalue weighted by molar-refractivity contribution is -0.132. The van der Waals surface area contributed by atoms with Crippen molar-refractivity contribution in [2.75, 3.05) is 20.6 Å². The third-order valence-corrected chi connectivity index (χ3v) is 4.03. The van der Waals surface area contributed by atoms with E-state index in [2.05, 4.69) is 15.9 Å². The van der Waals surface area contributed by atoms with E-state index in [0.717, 1.165) is 6.42 Å². The van der Waals surface area contributed by atoms with E-state index in [1.165, 1.54) is 15.9 Å². The summed E-state index contributed by atoms with van der Waals surface area (Å²) in [7, 11) is 3.31. The van der Waals surface area contributed by atoms with Crippen LogP contribution in [0.15, 0.2) is 22.7 Å². The Morgan fingerprint density at radius 2 is 2.10 bits per heavy atom. The number of carbonyl (C=O) groups is 2. The van der Waals surface area contributed by atoms with Crippen LogP contribution in [0.1, 0.15) is 23.2 Å². The molecule has 2 amide bonds. The summed E-state index contributed by atoms with van der Waals surface area (Å²) >= 11 is 3.07. The zero-order chi connectivity index (χ0) is 14.9. The first-order chi connectivity index (χ1) is 9.43. The fourth-order valence-electron chi connectivity index (χ4n) is 2.39. The van der Waals surface area contributed by atoms with Crippen molar-refractivity contribution in [3.8, 4) is 0 Å². The number of halogens is 2. The van der Waals surface area contributed by atoms with Crippen molar-refractivity contribution in [2.24, 2.45) is 0 Å². The lowest BCUT2D eigenvalue weighted by atomic mass is 10.1. The molecule has 0 aromatic heterocycles. The second kappa shape index (κ2) is 5.91. The fraction of sp³-hybridized carbons (Fsp3) is 0.429. The molecule has 1 saturated heterocycles. The number of nitrogens with zero attached hydrogens (tertiary/aromatic N) is 2. The number of likely N-dealkylation sites (tertiary alicyclic amines) is 1. The van der Waals surface area contributed by atoms with E-state index < -0.39 is 17.8 Å². The van der Waals surface area contributed by atoms with Crippen LogP contribution in [-0.4, -0.2) is 48.3 Å².